The molecule has 4 nitrogen and oxygen atoms in total. The van der Waals surface area contributed by atoms with Crippen molar-refractivity contribution >= 4 is 5.97 Å². The van der Waals surface area contributed by atoms with Crippen LogP contribution in [0.3, 0.4) is 0 Å². The van der Waals surface area contributed by atoms with E-state index in [1.807, 2.05) is 0 Å². The number of β-amino-alcohol motifs (C(OH)–C–C–N with tert-alkyl or cyclic N) is 1. The smallest absolute Gasteiger partial charge is 0.0683 e. The van der Waals surface area contributed by atoms with Gasteiger partial charge >= 0.3 is 0 Å². The van der Waals surface area contributed by atoms with E-state index in [2.05, 4.69) is 5.32 Å². The first kappa shape index (κ1) is 6.51. The predicted molar refractivity (Wildman–Crippen MR) is 27.4 cm³/mol. The van der Waals surface area contributed by atoms with Crippen LogP contribution in [0.1, 0.15) is 6.42 Å². The lowest BCUT2D eigenvalue weighted by molar-refractivity contribution is -0.308. The molecule has 0 radical (unpaired) electrons. The maximum Gasteiger partial charge on any atom is 0.0683 e. The molecule has 1 aliphatic rings. The summed E-state index contributed by atoms with van der Waals surface area (Å²) in [5.74, 6) is -1.13. The van der Waals surface area contributed by atoms with Gasteiger partial charge in [-0.25, -0.2) is 0 Å². The van der Waals surface area contributed by atoms with Crippen LogP contribution in [0.2, 0.25) is 0 Å². The predicted octanol–water partition coefficient (Wildman–Crippen LogP) is -2.54. The zero-order valence-electron chi connectivity index (χ0n) is 4.83. The molecule has 52 valence electrons. The number of carbonyl (C=O) groups is 1. The fourth-order valence-electron chi connectivity index (χ4n) is 0.897. The van der Waals surface area contributed by atoms with E-state index in [0.717, 1.165) is 0 Å². The Kier molecular flexibility index (Phi) is 1.68. The van der Waals surface area contributed by atoms with E-state index in [9.17, 15) is 9.90 Å². The Hall–Kier alpha value is -0.610. The number of carboxylic acids is 1. The Bertz CT molecular complexity index is 125. The zero-order valence-corrected chi connectivity index (χ0v) is 4.83. The third kappa shape index (κ3) is 1.40. The second-order valence-electron chi connectivity index (χ2n) is 2.17. The number of carboxylic acid groups (broad SMARTS) is 1. The molecule has 0 aromatic rings. The molecule has 1 heterocycles. The molecule has 2 N–H and O–H groups in total. The summed E-state index contributed by atoms with van der Waals surface area (Å²) in [5.41, 5.74) is 0. The summed E-state index contributed by atoms with van der Waals surface area (Å²) in [7, 11) is 0. The molecule has 9 heavy (non-hydrogen) atoms. The Labute approximate surface area is 52.5 Å². The van der Waals surface area contributed by atoms with Crippen LogP contribution in [0.4, 0.5) is 0 Å². The van der Waals surface area contributed by atoms with Crippen LogP contribution < -0.4 is 10.4 Å². The van der Waals surface area contributed by atoms with Crippen molar-refractivity contribution in [3.63, 3.8) is 0 Å². The summed E-state index contributed by atoms with van der Waals surface area (Å²) in [6.45, 7) is 0.360. The minimum absolute atomic E-state index is 0.266. The van der Waals surface area contributed by atoms with Gasteiger partial charge in [-0.2, -0.15) is 0 Å². The normalized spacial score (nSPS) is 34.8. The minimum Gasteiger partial charge on any atom is -0.548 e. The van der Waals surface area contributed by atoms with Crippen molar-refractivity contribution in [2.45, 2.75) is 18.6 Å². The van der Waals surface area contributed by atoms with Crippen molar-refractivity contribution in [3.05, 3.63) is 0 Å². The van der Waals surface area contributed by atoms with Crippen molar-refractivity contribution in [2.75, 3.05) is 6.54 Å². The van der Waals surface area contributed by atoms with Gasteiger partial charge < -0.3 is 20.3 Å². The molecule has 0 bridgehead atoms. The molecule has 1 fully saturated rings. The highest BCUT2D eigenvalue weighted by Gasteiger charge is 2.22. The van der Waals surface area contributed by atoms with Gasteiger partial charge in [-0.3, -0.25) is 0 Å². The van der Waals surface area contributed by atoms with Gasteiger partial charge in [0.2, 0.25) is 0 Å². The number of aliphatic hydroxyl groups excluding tert-OH is 1. The third-order valence-electron chi connectivity index (χ3n) is 1.39. The molecule has 0 aliphatic carbocycles. The summed E-state index contributed by atoms with van der Waals surface area (Å²) in [6, 6.07) is -0.653. The maximum absolute atomic E-state index is 10.1. The minimum atomic E-state index is -1.13. The number of hydrogen-bond donors (Lipinski definition) is 2. The molecule has 1 rings (SSSR count). The van der Waals surface area contributed by atoms with Gasteiger partial charge in [-0.05, 0) is 6.42 Å². The lowest BCUT2D eigenvalue weighted by Gasteiger charge is -2.08. The number of hydrogen-bond acceptors (Lipinski definition) is 4. The standard InChI is InChI=1S/C5H9NO3/c7-3-1-4(5(8)9)6-2-3/h3-4,6-7H,1-2H2,(H,8,9)/p-1/t3-,4+/m1/s1. The van der Waals surface area contributed by atoms with E-state index in [1.165, 1.54) is 0 Å². The number of carbonyl (C=O) groups excluding carboxylic acids is 1. The summed E-state index contributed by atoms with van der Waals surface area (Å²) >= 11 is 0. The van der Waals surface area contributed by atoms with Crippen LogP contribution in [-0.4, -0.2) is 29.8 Å². The highest BCUT2D eigenvalue weighted by Crippen LogP contribution is 2.04. The molecule has 0 spiro atoms. The first-order chi connectivity index (χ1) is 4.20. The summed E-state index contributed by atoms with van der Waals surface area (Å²) in [4.78, 5) is 10.1. The fourth-order valence-corrected chi connectivity index (χ4v) is 0.897. The van der Waals surface area contributed by atoms with Crippen molar-refractivity contribution in [1.29, 1.82) is 0 Å². The SMILES string of the molecule is O=C([O-])[C@@H]1C[C@@H](O)CN1. The van der Waals surface area contributed by atoms with Crippen LogP contribution in [-0.2, 0) is 4.79 Å². The van der Waals surface area contributed by atoms with Gasteiger partial charge in [0.1, 0.15) is 0 Å². The second-order valence-corrected chi connectivity index (χ2v) is 2.17. The van der Waals surface area contributed by atoms with Crippen LogP contribution in [0, 0.1) is 0 Å². The van der Waals surface area contributed by atoms with Crippen LogP contribution in [0.25, 0.3) is 0 Å². The molecule has 1 aliphatic heterocycles. The van der Waals surface area contributed by atoms with Gasteiger partial charge in [0, 0.05) is 12.6 Å². The van der Waals surface area contributed by atoms with E-state index < -0.39 is 18.1 Å². The van der Waals surface area contributed by atoms with Crippen molar-refractivity contribution in [2.24, 2.45) is 0 Å². The Morgan fingerprint density at radius 2 is 2.44 bits per heavy atom. The highest BCUT2D eigenvalue weighted by atomic mass is 16.4. The van der Waals surface area contributed by atoms with Gasteiger partial charge in [-0.1, -0.05) is 0 Å². The first-order valence-corrected chi connectivity index (χ1v) is 2.82. The van der Waals surface area contributed by atoms with Crippen LogP contribution in [0.5, 0.6) is 0 Å². The van der Waals surface area contributed by atoms with E-state index >= 15 is 0 Å². The molecule has 0 unspecified atom stereocenters. The number of nitrogens with one attached hydrogen (secondary N) is 1. The topological polar surface area (TPSA) is 72.4 Å². The van der Waals surface area contributed by atoms with Gasteiger partial charge in [0.15, 0.2) is 0 Å². The first-order valence-electron chi connectivity index (χ1n) is 2.82. The third-order valence-corrected chi connectivity index (χ3v) is 1.39. The Morgan fingerprint density at radius 1 is 1.78 bits per heavy atom. The summed E-state index contributed by atoms with van der Waals surface area (Å²) in [6.07, 6.45) is -0.254. The van der Waals surface area contributed by atoms with Gasteiger partial charge in [-0.15, -0.1) is 0 Å². The fraction of sp³-hybridized carbons (Fsp3) is 0.800. The van der Waals surface area contributed by atoms with Gasteiger partial charge in [0.25, 0.3) is 0 Å². The zero-order chi connectivity index (χ0) is 6.85. The lowest BCUT2D eigenvalue weighted by Crippen LogP contribution is -2.41. The largest absolute Gasteiger partial charge is 0.548 e. The van der Waals surface area contributed by atoms with Crippen molar-refractivity contribution in [3.8, 4) is 0 Å². The molecule has 0 aromatic heterocycles. The molecule has 1 saturated heterocycles. The quantitative estimate of drug-likeness (QED) is 0.410. The Balaban J connectivity index is 2.39. The lowest BCUT2D eigenvalue weighted by atomic mass is 10.2. The average molecular weight is 130 g/mol. The van der Waals surface area contributed by atoms with E-state index in [-0.39, 0.29) is 6.42 Å². The van der Waals surface area contributed by atoms with E-state index in [1.54, 1.807) is 0 Å². The van der Waals surface area contributed by atoms with Crippen molar-refractivity contribution < 1.29 is 15.0 Å². The maximum atomic E-state index is 10.1. The average Bonchev–Trinajstić information content (AvgIpc) is 2.14. The number of aliphatic hydroxyl groups is 1. The molecule has 0 amide bonds. The van der Waals surface area contributed by atoms with Crippen LogP contribution in [0.15, 0.2) is 0 Å². The number of aliphatic carboxylic acids is 1. The summed E-state index contributed by atoms with van der Waals surface area (Å²) in [5, 5.41) is 21.5. The molecule has 4 heteroatoms. The highest BCUT2D eigenvalue weighted by molar-refractivity contribution is 5.71. The van der Waals surface area contributed by atoms with E-state index in [0.29, 0.717) is 6.54 Å². The molecule has 0 aromatic carbocycles. The monoisotopic (exact) mass is 130 g/mol. The molecule has 2 atom stereocenters. The Morgan fingerprint density at radius 3 is 2.67 bits per heavy atom. The summed E-state index contributed by atoms with van der Waals surface area (Å²) < 4.78 is 0. The van der Waals surface area contributed by atoms with Crippen molar-refractivity contribution in [1.82, 2.24) is 5.32 Å². The van der Waals surface area contributed by atoms with Gasteiger partial charge in [0.05, 0.1) is 12.1 Å². The number of rotatable bonds is 1. The molecular weight excluding hydrogens is 122 g/mol. The molecular formula is C5H8NO3-. The second kappa shape index (κ2) is 2.33. The molecule has 0 saturated carbocycles. The van der Waals surface area contributed by atoms with Crippen LogP contribution >= 0.6 is 0 Å². The van der Waals surface area contributed by atoms with E-state index in [4.69, 9.17) is 5.11 Å².